The zero-order valence-corrected chi connectivity index (χ0v) is 65.9. The summed E-state index contributed by atoms with van der Waals surface area (Å²) in [6.07, 6.45) is 90.5. The summed E-state index contributed by atoms with van der Waals surface area (Å²) in [4.78, 5) is 72.9. The number of aliphatic hydroxyl groups is 1. The lowest BCUT2D eigenvalue weighted by Gasteiger charge is -2.21. The Bertz CT molecular complexity index is 2690. The second-order valence-corrected chi connectivity index (χ2v) is 28.1. The fourth-order valence-electron chi connectivity index (χ4n) is 9.56. The van der Waals surface area contributed by atoms with Gasteiger partial charge in [-0.25, -0.2) is 9.13 Å². The molecule has 0 aromatic carbocycles. The van der Waals surface area contributed by atoms with Gasteiger partial charge >= 0.3 is 39.5 Å². The molecule has 0 aromatic heterocycles. The number of aliphatic hydroxyl groups excluding tert-OH is 1. The minimum Gasteiger partial charge on any atom is -0.462 e. The average molecular weight is 1490 g/mol. The highest BCUT2D eigenvalue weighted by Gasteiger charge is 2.30. The van der Waals surface area contributed by atoms with E-state index in [1.807, 2.05) is 24.3 Å². The van der Waals surface area contributed by atoms with Crippen LogP contribution in [0.2, 0.25) is 0 Å². The number of carbonyl (C=O) groups excluding carboxylic acids is 4. The van der Waals surface area contributed by atoms with Crippen LogP contribution in [0.4, 0.5) is 0 Å². The van der Waals surface area contributed by atoms with Crippen molar-refractivity contribution in [3.8, 4) is 0 Å². The van der Waals surface area contributed by atoms with Gasteiger partial charge in [-0.3, -0.25) is 37.3 Å². The van der Waals surface area contributed by atoms with Crippen molar-refractivity contribution in [3.05, 3.63) is 182 Å². The first-order valence-electron chi connectivity index (χ1n) is 39.0. The van der Waals surface area contributed by atoms with Gasteiger partial charge in [0.2, 0.25) is 0 Å². The molecule has 3 N–H and O–H groups in total. The monoisotopic (exact) mass is 1490 g/mol. The van der Waals surface area contributed by atoms with E-state index < -0.39 is 97.5 Å². The maximum Gasteiger partial charge on any atom is 0.472 e. The molecule has 0 aliphatic rings. The van der Waals surface area contributed by atoms with Gasteiger partial charge in [-0.05, 0) is 148 Å². The third-order valence-corrected chi connectivity index (χ3v) is 17.3. The smallest absolute Gasteiger partial charge is 0.462 e. The molecule has 0 heterocycles. The van der Waals surface area contributed by atoms with Crippen molar-refractivity contribution < 1.29 is 80.2 Å². The molecule has 0 aromatic rings. The van der Waals surface area contributed by atoms with Crippen LogP contribution in [-0.2, 0) is 65.4 Å². The van der Waals surface area contributed by atoms with Gasteiger partial charge in [0.1, 0.15) is 19.3 Å². The van der Waals surface area contributed by atoms with Crippen molar-refractivity contribution in [1.82, 2.24) is 0 Å². The lowest BCUT2D eigenvalue weighted by Crippen LogP contribution is -2.30. The molecular weight excluding hydrogens is 1350 g/mol. The van der Waals surface area contributed by atoms with Gasteiger partial charge in [0.25, 0.3) is 0 Å². The highest BCUT2D eigenvalue weighted by Crippen LogP contribution is 2.45. The number of unbranched alkanes of at least 4 members (excludes halogenated alkanes) is 15. The van der Waals surface area contributed by atoms with Crippen molar-refractivity contribution in [1.29, 1.82) is 0 Å². The Morgan fingerprint density at radius 2 is 0.519 bits per heavy atom. The number of hydrogen-bond acceptors (Lipinski definition) is 15. The molecule has 0 spiro atoms. The van der Waals surface area contributed by atoms with Gasteiger partial charge in [0.15, 0.2) is 12.2 Å². The molecule has 0 amide bonds. The number of allylic oxidation sites excluding steroid dienone is 30. The molecule has 0 aliphatic heterocycles. The van der Waals surface area contributed by atoms with Crippen molar-refractivity contribution in [2.24, 2.45) is 0 Å². The van der Waals surface area contributed by atoms with Crippen LogP contribution in [0.25, 0.3) is 0 Å². The van der Waals surface area contributed by atoms with Crippen molar-refractivity contribution in [2.75, 3.05) is 39.6 Å². The van der Waals surface area contributed by atoms with E-state index in [2.05, 4.69) is 186 Å². The lowest BCUT2D eigenvalue weighted by atomic mass is 10.1. The van der Waals surface area contributed by atoms with E-state index >= 15 is 0 Å². The summed E-state index contributed by atoms with van der Waals surface area (Å²) in [6.45, 7) is 4.32. The summed E-state index contributed by atoms with van der Waals surface area (Å²) in [5.74, 6) is -2.37. The van der Waals surface area contributed by atoms with Crippen molar-refractivity contribution in [2.45, 2.75) is 290 Å². The van der Waals surface area contributed by atoms with Crippen LogP contribution >= 0.6 is 15.6 Å². The number of hydrogen-bond donors (Lipinski definition) is 3. The molecule has 0 fully saturated rings. The highest BCUT2D eigenvalue weighted by molar-refractivity contribution is 7.47. The molecule has 0 rings (SSSR count). The normalized spacial score (nSPS) is 14.9. The summed E-state index contributed by atoms with van der Waals surface area (Å²) < 4.78 is 68.4. The first kappa shape index (κ1) is 98.2. The molecule has 17 nitrogen and oxygen atoms in total. The molecule has 588 valence electrons. The van der Waals surface area contributed by atoms with Crippen LogP contribution in [0, 0.1) is 0 Å². The number of esters is 4. The number of phosphoric ester groups is 2. The summed E-state index contributed by atoms with van der Waals surface area (Å²) in [5.41, 5.74) is 0. The predicted molar refractivity (Wildman–Crippen MR) is 426 cm³/mol. The lowest BCUT2D eigenvalue weighted by molar-refractivity contribution is -0.161. The van der Waals surface area contributed by atoms with Crippen LogP contribution in [0.5, 0.6) is 0 Å². The Morgan fingerprint density at radius 3 is 0.846 bits per heavy atom. The largest absolute Gasteiger partial charge is 0.472 e. The number of ether oxygens (including phenoxy) is 4. The third-order valence-electron chi connectivity index (χ3n) is 15.4. The Kier molecular flexibility index (Phi) is 71.2. The van der Waals surface area contributed by atoms with Crippen LogP contribution in [-0.4, -0.2) is 96.7 Å². The summed E-state index contributed by atoms with van der Waals surface area (Å²) in [5, 5.41) is 10.6. The van der Waals surface area contributed by atoms with Gasteiger partial charge in [0, 0.05) is 25.7 Å². The summed E-state index contributed by atoms with van der Waals surface area (Å²) in [6, 6.07) is 0. The van der Waals surface area contributed by atoms with Crippen molar-refractivity contribution >= 4 is 39.5 Å². The van der Waals surface area contributed by atoms with Gasteiger partial charge in [0.05, 0.1) is 26.4 Å². The van der Waals surface area contributed by atoms with E-state index in [4.69, 9.17) is 37.0 Å². The topological polar surface area (TPSA) is 237 Å². The molecule has 0 saturated heterocycles. The van der Waals surface area contributed by atoms with E-state index in [1.54, 1.807) is 0 Å². The van der Waals surface area contributed by atoms with Crippen LogP contribution in [0.3, 0.4) is 0 Å². The van der Waals surface area contributed by atoms with Gasteiger partial charge < -0.3 is 33.8 Å². The van der Waals surface area contributed by atoms with E-state index in [0.29, 0.717) is 38.5 Å². The molecule has 0 aliphatic carbocycles. The average Bonchev–Trinajstić information content (AvgIpc) is 0.929. The fraction of sp³-hybridized carbons (Fsp3) is 0.600. The van der Waals surface area contributed by atoms with Gasteiger partial charge in [-0.15, -0.1) is 0 Å². The van der Waals surface area contributed by atoms with Crippen LogP contribution in [0.1, 0.15) is 272 Å². The maximum atomic E-state index is 13.1. The molecule has 5 unspecified atom stereocenters. The zero-order chi connectivity index (χ0) is 76.0. The minimum absolute atomic E-state index is 0.0194. The van der Waals surface area contributed by atoms with E-state index in [-0.39, 0.29) is 25.7 Å². The standard InChI is InChI=1S/C85H136O17P2/c1-5-9-13-17-21-25-29-32-35-37-39-41-44-46-50-53-57-61-65-69-82(87)95-75-80(101-84(89)71-67-63-59-55-49-28-24-20-16-12-8-4)77-99-103(91,92)97-73-79(86)74-98-104(93,94)100-78-81(102-85(90)72-68-64-60-56-52-48-43-34-31-27-23-19-15-11-7-3)76-96-83(88)70-66-62-58-54-51-47-45-42-40-38-36-33-30-26-22-18-14-10-6-2/h9-11,13-15,21-23,25-27,32-36,39-43,46-47,50-52,56,58,62,79-81,86H,5-8,12,16-20,24,28-31,37-38,44-45,48-49,53-55,57,59-61,63-78H2,1-4H3,(H,91,92)(H,93,94)/b13-9-,14-10-,15-11-,25-21-,26-22-,27-23-,35-32-,36-33-,41-39-,42-40-,43-34-,50-46-,51-47-,56-52-,62-58-. The Balaban J connectivity index is 5.47. The molecule has 5 atom stereocenters. The van der Waals surface area contributed by atoms with Crippen molar-refractivity contribution in [3.63, 3.8) is 0 Å². The molecule has 104 heavy (non-hydrogen) atoms. The Labute approximate surface area is 628 Å². The molecular formula is C85H136O17P2. The van der Waals surface area contributed by atoms with E-state index in [0.717, 1.165) is 141 Å². The van der Waals surface area contributed by atoms with Crippen LogP contribution in [0.15, 0.2) is 182 Å². The fourth-order valence-corrected chi connectivity index (χ4v) is 11.1. The van der Waals surface area contributed by atoms with Gasteiger partial charge in [-0.1, -0.05) is 281 Å². The summed E-state index contributed by atoms with van der Waals surface area (Å²) in [7, 11) is -10.0. The highest BCUT2D eigenvalue weighted by atomic mass is 31.2. The summed E-state index contributed by atoms with van der Waals surface area (Å²) >= 11 is 0. The molecule has 0 bridgehead atoms. The quantitative estimate of drug-likeness (QED) is 0.0169. The molecule has 19 heteroatoms. The molecule has 0 radical (unpaired) electrons. The minimum atomic E-state index is -5.01. The predicted octanol–water partition coefficient (Wildman–Crippen LogP) is 22.8. The molecule has 0 saturated carbocycles. The van der Waals surface area contributed by atoms with E-state index in [9.17, 15) is 43.2 Å². The number of rotatable bonds is 71. The second-order valence-electron chi connectivity index (χ2n) is 25.2. The number of phosphoric acid groups is 2. The first-order chi connectivity index (χ1) is 50.7. The zero-order valence-electron chi connectivity index (χ0n) is 64.1. The SMILES string of the molecule is CC/C=C\C/C=C\C/C=C\C/C=C\C/C=C\C/C=C\CCC(=O)OCC(COP(=O)(O)OCC(O)COP(=O)(O)OCC(COC(=O)CCCCC/C=C\C/C=C\C/C=C\C/C=C\C/C=C\CC)OC(=O)CCCCCCCCCCCCC)OC(=O)CCCC/C=C\C/C=C\C/C=C\C/C=C\CC. The first-order valence-corrected chi connectivity index (χ1v) is 42.0. The van der Waals surface area contributed by atoms with Crippen LogP contribution < -0.4 is 0 Å². The number of carbonyl (C=O) groups is 4. The third kappa shape index (κ3) is 74.4. The van der Waals surface area contributed by atoms with E-state index in [1.165, 1.54) is 38.5 Å². The second kappa shape index (κ2) is 75.4. The van der Waals surface area contributed by atoms with Gasteiger partial charge in [-0.2, -0.15) is 0 Å². The maximum absolute atomic E-state index is 13.1. The Hall–Kier alpha value is -5.84. The Morgan fingerprint density at radius 1 is 0.279 bits per heavy atom.